The van der Waals surface area contributed by atoms with Crippen molar-refractivity contribution in [3.63, 3.8) is 0 Å². The summed E-state index contributed by atoms with van der Waals surface area (Å²) in [6, 6.07) is 6.14. The Morgan fingerprint density at radius 2 is 2.21 bits per heavy atom. The highest BCUT2D eigenvalue weighted by Crippen LogP contribution is 2.16. The van der Waals surface area contributed by atoms with Crippen molar-refractivity contribution in [1.29, 1.82) is 0 Å². The Balaban J connectivity index is 2.03. The third-order valence-corrected chi connectivity index (χ3v) is 3.60. The van der Waals surface area contributed by atoms with Crippen molar-refractivity contribution in [2.24, 2.45) is 5.92 Å². The van der Waals surface area contributed by atoms with Crippen molar-refractivity contribution in [2.45, 2.75) is 39.8 Å². The molecule has 1 N–H and O–H groups in total. The minimum Gasteiger partial charge on any atom is -0.312 e. The number of hydrogen-bond acceptors (Lipinski definition) is 2. The van der Waals surface area contributed by atoms with E-state index >= 15 is 0 Å². The van der Waals surface area contributed by atoms with Crippen LogP contribution >= 0.6 is 0 Å². The summed E-state index contributed by atoms with van der Waals surface area (Å²) in [6.45, 7) is 10.6. The Bertz CT molecular complexity index is 417. The number of nitrogens with one attached hydrogen (secondary N) is 1. The summed E-state index contributed by atoms with van der Waals surface area (Å²) in [6.07, 6.45) is 0.817. The summed E-state index contributed by atoms with van der Waals surface area (Å²) < 4.78 is 13.7. The predicted molar refractivity (Wildman–Crippen MR) is 77.7 cm³/mol. The monoisotopic (exact) mass is 264 g/mol. The Hall–Kier alpha value is -0.930. The van der Waals surface area contributed by atoms with Gasteiger partial charge in [0.15, 0.2) is 0 Å². The molecule has 106 valence electrons. The second kappa shape index (κ2) is 6.49. The first-order valence-electron chi connectivity index (χ1n) is 7.27. The van der Waals surface area contributed by atoms with Gasteiger partial charge in [-0.1, -0.05) is 26.0 Å². The molecule has 2 nitrogen and oxygen atoms in total. The maximum atomic E-state index is 13.7. The highest BCUT2D eigenvalue weighted by molar-refractivity contribution is 5.25. The molecule has 0 aliphatic carbocycles. The van der Waals surface area contributed by atoms with E-state index in [9.17, 15) is 4.39 Å². The molecule has 0 amide bonds. The topological polar surface area (TPSA) is 15.3 Å². The molecule has 0 saturated carbocycles. The average Bonchev–Trinajstić information content (AvgIpc) is 2.33. The van der Waals surface area contributed by atoms with Crippen LogP contribution in [-0.4, -0.2) is 30.6 Å². The van der Waals surface area contributed by atoms with E-state index in [-0.39, 0.29) is 5.82 Å². The molecule has 19 heavy (non-hydrogen) atoms. The van der Waals surface area contributed by atoms with Crippen LogP contribution in [0.5, 0.6) is 0 Å². The summed E-state index contributed by atoms with van der Waals surface area (Å²) in [4.78, 5) is 2.44. The largest absolute Gasteiger partial charge is 0.312 e. The lowest BCUT2D eigenvalue weighted by Crippen LogP contribution is -2.48. The molecule has 1 aromatic rings. The van der Waals surface area contributed by atoms with Crippen LogP contribution < -0.4 is 5.32 Å². The van der Waals surface area contributed by atoms with Crippen molar-refractivity contribution in [2.75, 3.05) is 19.6 Å². The Morgan fingerprint density at radius 3 is 2.89 bits per heavy atom. The molecule has 1 fully saturated rings. The SMILES string of the molecule is CC(C)Cc1cc(CN2CCNC(C)C2)ccc1F. The summed E-state index contributed by atoms with van der Waals surface area (Å²) >= 11 is 0. The van der Waals surface area contributed by atoms with E-state index in [1.54, 1.807) is 6.07 Å². The molecular formula is C16H25FN2. The first kappa shape index (κ1) is 14.5. The molecule has 1 aliphatic rings. The summed E-state index contributed by atoms with van der Waals surface area (Å²) in [7, 11) is 0. The molecule has 1 atom stereocenters. The van der Waals surface area contributed by atoms with Crippen molar-refractivity contribution < 1.29 is 4.39 Å². The van der Waals surface area contributed by atoms with Gasteiger partial charge < -0.3 is 5.32 Å². The first-order chi connectivity index (χ1) is 9.04. The lowest BCUT2D eigenvalue weighted by molar-refractivity contribution is 0.199. The number of hydrogen-bond donors (Lipinski definition) is 1. The Morgan fingerprint density at radius 1 is 1.42 bits per heavy atom. The zero-order chi connectivity index (χ0) is 13.8. The van der Waals surface area contributed by atoms with Crippen molar-refractivity contribution in [3.05, 3.63) is 35.1 Å². The predicted octanol–water partition coefficient (Wildman–Crippen LogP) is 2.82. The number of nitrogens with zero attached hydrogens (tertiary/aromatic N) is 1. The molecule has 1 heterocycles. The number of benzene rings is 1. The fourth-order valence-corrected chi connectivity index (χ4v) is 2.74. The minimum atomic E-state index is -0.0638. The molecule has 1 aromatic carbocycles. The highest BCUT2D eigenvalue weighted by atomic mass is 19.1. The minimum absolute atomic E-state index is 0.0638. The average molecular weight is 264 g/mol. The molecule has 1 unspecified atom stereocenters. The van der Waals surface area contributed by atoms with Crippen molar-refractivity contribution in [3.8, 4) is 0 Å². The third kappa shape index (κ3) is 4.29. The highest BCUT2D eigenvalue weighted by Gasteiger charge is 2.16. The van der Waals surface area contributed by atoms with E-state index < -0.39 is 0 Å². The van der Waals surface area contributed by atoms with Crippen LogP contribution in [0.15, 0.2) is 18.2 Å². The zero-order valence-corrected chi connectivity index (χ0v) is 12.2. The lowest BCUT2D eigenvalue weighted by Gasteiger charge is -2.31. The van der Waals surface area contributed by atoms with Crippen molar-refractivity contribution >= 4 is 0 Å². The molecule has 1 aliphatic heterocycles. The second-order valence-corrected chi connectivity index (χ2v) is 6.11. The van der Waals surface area contributed by atoms with Crippen LogP contribution in [0.25, 0.3) is 0 Å². The van der Waals surface area contributed by atoms with E-state index in [0.29, 0.717) is 12.0 Å². The first-order valence-corrected chi connectivity index (χ1v) is 7.27. The number of piperazine rings is 1. The summed E-state index contributed by atoms with van der Waals surface area (Å²) in [5.74, 6) is 0.426. The smallest absolute Gasteiger partial charge is 0.126 e. The fourth-order valence-electron chi connectivity index (χ4n) is 2.74. The molecule has 3 heteroatoms. The van der Waals surface area contributed by atoms with Crippen LogP contribution in [0.3, 0.4) is 0 Å². The molecule has 0 bridgehead atoms. The van der Waals surface area contributed by atoms with Crippen LogP contribution in [0.1, 0.15) is 31.9 Å². The quantitative estimate of drug-likeness (QED) is 0.899. The molecule has 0 radical (unpaired) electrons. The van der Waals surface area contributed by atoms with Crippen LogP contribution in [-0.2, 0) is 13.0 Å². The van der Waals surface area contributed by atoms with E-state index in [4.69, 9.17) is 0 Å². The molecule has 2 rings (SSSR count). The van der Waals surface area contributed by atoms with Crippen LogP contribution in [0.4, 0.5) is 4.39 Å². The van der Waals surface area contributed by atoms with Crippen LogP contribution in [0.2, 0.25) is 0 Å². The fraction of sp³-hybridized carbons (Fsp3) is 0.625. The van der Waals surface area contributed by atoms with E-state index in [1.165, 1.54) is 5.56 Å². The van der Waals surface area contributed by atoms with Gasteiger partial charge in [0, 0.05) is 32.2 Å². The number of halogens is 1. The maximum Gasteiger partial charge on any atom is 0.126 e. The van der Waals surface area contributed by atoms with E-state index in [0.717, 1.165) is 38.2 Å². The van der Waals surface area contributed by atoms with E-state index in [2.05, 4.69) is 31.0 Å². The molecular weight excluding hydrogens is 239 g/mol. The molecule has 1 saturated heterocycles. The van der Waals surface area contributed by atoms with Gasteiger partial charge in [0.1, 0.15) is 5.82 Å². The summed E-state index contributed by atoms with van der Waals surface area (Å²) in [5.41, 5.74) is 2.09. The maximum absolute atomic E-state index is 13.7. The standard InChI is InChI=1S/C16H25FN2/c1-12(2)8-15-9-14(4-5-16(15)17)11-19-7-6-18-13(3)10-19/h4-5,9,12-13,18H,6-8,10-11H2,1-3H3. The third-order valence-electron chi connectivity index (χ3n) is 3.60. The van der Waals surface area contributed by atoms with Gasteiger partial charge >= 0.3 is 0 Å². The van der Waals surface area contributed by atoms with E-state index in [1.807, 2.05) is 12.1 Å². The van der Waals surface area contributed by atoms with Gasteiger partial charge in [-0.25, -0.2) is 4.39 Å². The van der Waals surface area contributed by atoms with Gasteiger partial charge in [-0.15, -0.1) is 0 Å². The normalized spacial score (nSPS) is 21.0. The van der Waals surface area contributed by atoms with Gasteiger partial charge in [-0.05, 0) is 36.5 Å². The van der Waals surface area contributed by atoms with Gasteiger partial charge in [0.25, 0.3) is 0 Å². The van der Waals surface area contributed by atoms with Crippen LogP contribution in [0, 0.1) is 11.7 Å². The molecule has 0 spiro atoms. The Kier molecular flexibility index (Phi) is 4.94. The van der Waals surface area contributed by atoms with Gasteiger partial charge in [0.05, 0.1) is 0 Å². The zero-order valence-electron chi connectivity index (χ0n) is 12.2. The molecule has 0 aromatic heterocycles. The summed E-state index contributed by atoms with van der Waals surface area (Å²) in [5, 5.41) is 3.44. The lowest BCUT2D eigenvalue weighted by atomic mass is 10.00. The van der Waals surface area contributed by atoms with Gasteiger partial charge in [0.2, 0.25) is 0 Å². The van der Waals surface area contributed by atoms with Crippen molar-refractivity contribution in [1.82, 2.24) is 10.2 Å². The second-order valence-electron chi connectivity index (χ2n) is 6.11. The Labute approximate surface area is 116 Å². The number of rotatable bonds is 4. The van der Waals surface area contributed by atoms with Gasteiger partial charge in [-0.2, -0.15) is 0 Å². The van der Waals surface area contributed by atoms with Gasteiger partial charge in [-0.3, -0.25) is 4.90 Å².